The van der Waals surface area contributed by atoms with E-state index in [-0.39, 0.29) is 18.4 Å². The second-order valence-electron chi connectivity index (χ2n) is 8.48. The fourth-order valence-electron chi connectivity index (χ4n) is 4.30. The third kappa shape index (κ3) is 4.83. The number of aliphatic carboxylic acids is 1. The zero-order chi connectivity index (χ0) is 23.5. The van der Waals surface area contributed by atoms with Gasteiger partial charge in [0.2, 0.25) is 11.8 Å². The Bertz CT molecular complexity index is 1280. The van der Waals surface area contributed by atoms with Gasteiger partial charge in [0.05, 0.1) is 12.8 Å². The molecular formula is C25H25N5O4. The summed E-state index contributed by atoms with van der Waals surface area (Å²) in [5, 5.41) is 8.95. The summed E-state index contributed by atoms with van der Waals surface area (Å²) in [6.07, 6.45) is 7.31. The van der Waals surface area contributed by atoms with Gasteiger partial charge in [0.1, 0.15) is 17.4 Å². The number of H-pyrrole nitrogens is 1. The number of carbonyl (C=O) groups is 1. The van der Waals surface area contributed by atoms with Crippen LogP contribution >= 0.6 is 0 Å². The summed E-state index contributed by atoms with van der Waals surface area (Å²) in [6, 6.07) is 11.3. The normalized spacial score (nSPS) is 18.0. The van der Waals surface area contributed by atoms with Gasteiger partial charge in [-0.05, 0) is 55.9 Å². The summed E-state index contributed by atoms with van der Waals surface area (Å²) in [7, 11) is 1.58. The number of nitrogens with one attached hydrogen (secondary N) is 1. The van der Waals surface area contributed by atoms with E-state index < -0.39 is 5.97 Å². The zero-order valence-electron chi connectivity index (χ0n) is 18.8. The molecule has 2 N–H and O–H groups in total. The number of rotatable bonds is 7. The third-order valence-corrected chi connectivity index (χ3v) is 6.14. The minimum atomic E-state index is -0.724. The average molecular weight is 460 g/mol. The van der Waals surface area contributed by atoms with Gasteiger partial charge < -0.3 is 19.6 Å². The van der Waals surface area contributed by atoms with Gasteiger partial charge >= 0.3 is 5.97 Å². The van der Waals surface area contributed by atoms with Crippen LogP contribution in [0, 0.1) is 5.92 Å². The van der Waals surface area contributed by atoms with Gasteiger partial charge in [-0.1, -0.05) is 0 Å². The van der Waals surface area contributed by atoms with Crippen molar-refractivity contribution in [3.63, 3.8) is 0 Å². The smallest absolute Gasteiger partial charge is 0.303 e. The summed E-state index contributed by atoms with van der Waals surface area (Å²) in [4.78, 5) is 32.0. The van der Waals surface area contributed by atoms with Crippen molar-refractivity contribution < 1.29 is 19.4 Å². The molecule has 9 heteroatoms. The first kappa shape index (κ1) is 21.8. The van der Waals surface area contributed by atoms with Crippen molar-refractivity contribution in [2.75, 3.05) is 7.11 Å². The number of carboxylic acid groups (broad SMARTS) is 1. The summed E-state index contributed by atoms with van der Waals surface area (Å²) in [6.45, 7) is 0. The molecule has 1 saturated carbocycles. The van der Waals surface area contributed by atoms with E-state index in [1.807, 2.05) is 30.3 Å². The molecule has 1 aliphatic rings. The molecular weight excluding hydrogens is 434 g/mol. The van der Waals surface area contributed by atoms with E-state index in [9.17, 15) is 4.79 Å². The highest BCUT2D eigenvalue weighted by Gasteiger charge is 2.24. The summed E-state index contributed by atoms with van der Waals surface area (Å²) < 4.78 is 11.2. The van der Waals surface area contributed by atoms with E-state index in [1.54, 1.807) is 25.6 Å². The van der Waals surface area contributed by atoms with Crippen LogP contribution in [0.3, 0.4) is 0 Å². The minimum absolute atomic E-state index is 0.0825. The molecule has 0 bridgehead atoms. The highest BCUT2D eigenvalue weighted by molar-refractivity contribution is 5.76. The van der Waals surface area contributed by atoms with E-state index in [1.165, 1.54) is 0 Å². The molecule has 5 rings (SSSR count). The van der Waals surface area contributed by atoms with Crippen LogP contribution in [0.5, 0.6) is 11.8 Å². The number of methoxy groups -OCH3 is 1. The fourth-order valence-corrected chi connectivity index (χ4v) is 4.30. The molecule has 1 fully saturated rings. The quantitative estimate of drug-likeness (QED) is 0.414. The second-order valence-corrected chi connectivity index (χ2v) is 8.48. The van der Waals surface area contributed by atoms with Crippen molar-refractivity contribution in [2.24, 2.45) is 5.92 Å². The number of hydrogen-bond acceptors (Lipinski definition) is 7. The molecule has 9 nitrogen and oxygen atoms in total. The van der Waals surface area contributed by atoms with Crippen LogP contribution in [-0.4, -0.2) is 49.2 Å². The molecule has 0 radical (unpaired) electrons. The molecule has 0 unspecified atom stereocenters. The van der Waals surface area contributed by atoms with Crippen LogP contribution in [0.15, 0.2) is 48.8 Å². The van der Waals surface area contributed by atoms with E-state index >= 15 is 0 Å². The van der Waals surface area contributed by atoms with Crippen molar-refractivity contribution >= 4 is 17.1 Å². The van der Waals surface area contributed by atoms with Crippen molar-refractivity contribution in [1.29, 1.82) is 0 Å². The Morgan fingerprint density at radius 3 is 2.41 bits per heavy atom. The molecule has 0 atom stereocenters. The van der Waals surface area contributed by atoms with Crippen LogP contribution in [-0.2, 0) is 4.79 Å². The Morgan fingerprint density at radius 1 is 0.971 bits per heavy atom. The standard InChI is InChI=1S/C25H25N5O4/c1-33-22-11-9-20-25(29-22)30-24(28-20)17-4-8-19(26-14-17)16-5-10-21(27-13-16)34-18-6-2-15(3-7-18)12-23(31)32/h4-5,8-11,13-15,18H,2-3,6-7,12H2,1H3,(H,31,32)(H,28,29,30)/t15-,18+. The first-order valence-corrected chi connectivity index (χ1v) is 11.3. The number of nitrogens with zero attached hydrogens (tertiary/aromatic N) is 4. The summed E-state index contributed by atoms with van der Waals surface area (Å²) >= 11 is 0. The van der Waals surface area contributed by atoms with Crippen molar-refractivity contribution in [3.05, 3.63) is 48.8 Å². The van der Waals surface area contributed by atoms with E-state index in [4.69, 9.17) is 14.6 Å². The van der Waals surface area contributed by atoms with Crippen molar-refractivity contribution in [3.8, 4) is 34.4 Å². The predicted molar refractivity (Wildman–Crippen MR) is 126 cm³/mol. The van der Waals surface area contributed by atoms with Crippen LogP contribution in [0.1, 0.15) is 32.1 Å². The lowest BCUT2D eigenvalue weighted by Gasteiger charge is -2.27. The molecule has 4 heterocycles. The molecule has 1 aliphatic carbocycles. The number of aromatic nitrogens is 5. The van der Waals surface area contributed by atoms with Gasteiger partial charge in [-0.15, -0.1) is 0 Å². The van der Waals surface area contributed by atoms with Crippen molar-refractivity contribution in [1.82, 2.24) is 24.9 Å². The molecule has 174 valence electrons. The Morgan fingerprint density at radius 2 is 1.74 bits per heavy atom. The van der Waals surface area contributed by atoms with Crippen LogP contribution in [0.25, 0.3) is 33.8 Å². The van der Waals surface area contributed by atoms with Gasteiger partial charge in [-0.25, -0.2) is 9.97 Å². The number of hydrogen-bond donors (Lipinski definition) is 2. The molecule has 0 aromatic carbocycles. The maximum Gasteiger partial charge on any atom is 0.303 e. The highest BCUT2D eigenvalue weighted by atomic mass is 16.5. The van der Waals surface area contributed by atoms with Crippen LogP contribution < -0.4 is 9.47 Å². The topological polar surface area (TPSA) is 123 Å². The second kappa shape index (κ2) is 9.46. The Hall–Kier alpha value is -4.01. The molecule has 4 aromatic rings. The number of ether oxygens (including phenoxy) is 2. The Balaban J connectivity index is 1.22. The monoisotopic (exact) mass is 459 g/mol. The summed E-state index contributed by atoms with van der Waals surface area (Å²) in [5.41, 5.74) is 3.96. The summed E-state index contributed by atoms with van der Waals surface area (Å²) in [5.74, 6) is 1.32. The first-order chi connectivity index (χ1) is 16.6. The average Bonchev–Trinajstić information content (AvgIpc) is 3.29. The molecule has 34 heavy (non-hydrogen) atoms. The number of carboxylic acids is 1. The first-order valence-electron chi connectivity index (χ1n) is 11.3. The third-order valence-electron chi connectivity index (χ3n) is 6.14. The lowest BCUT2D eigenvalue weighted by Crippen LogP contribution is -2.25. The molecule has 0 spiro atoms. The van der Waals surface area contributed by atoms with Gasteiger partial charge in [0.15, 0.2) is 5.65 Å². The van der Waals surface area contributed by atoms with E-state index in [0.717, 1.165) is 48.0 Å². The zero-order valence-corrected chi connectivity index (χ0v) is 18.8. The molecule has 0 aliphatic heterocycles. The lowest BCUT2D eigenvalue weighted by molar-refractivity contribution is -0.138. The fraction of sp³-hybridized carbons (Fsp3) is 0.320. The number of aromatic amines is 1. The number of imidazole rings is 1. The molecule has 4 aromatic heterocycles. The van der Waals surface area contributed by atoms with Gasteiger partial charge in [0.25, 0.3) is 0 Å². The van der Waals surface area contributed by atoms with Crippen LogP contribution in [0.4, 0.5) is 0 Å². The van der Waals surface area contributed by atoms with Crippen molar-refractivity contribution in [2.45, 2.75) is 38.2 Å². The van der Waals surface area contributed by atoms with Gasteiger partial charge in [0, 0.05) is 42.1 Å². The van der Waals surface area contributed by atoms with E-state index in [0.29, 0.717) is 23.2 Å². The minimum Gasteiger partial charge on any atom is -0.481 e. The number of fused-ring (bicyclic) bond motifs is 1. The maximum atomic E-state index is 10.9. The van der Waals surface area contributed by atoms with Gasteiger partial charge in [-0.3, -0.25) is 9.78 Å². The Kier molecular flexibility index (Phi) is 6.07. The SMILES string of the molecule is COc1ccc2nc(-c3ccc(-c4ccc(O[C@H]5CC[C@@H](CC(=O)O)CC5)nc4)nc3)[nH]c2n1. The number of pyridine rings is 3. The predicted octanol–water partition coefficient (Wildman–Crippen LogP) is 4.50. The largest absolute Gasteiger partial charge is 0.481 e. The maximum absolute atomic E-state index is 10.9. The molecule has 0 saturated heterocycles. The lowest BCUT2D eigenvalue weighted by atomic mass is 9.85. The molecule has 0 amide bonds. The van der Waals surface area contributed by atoms with Crippen LogP contribution in [0.2, 0.25) is 0 Å². The highest BCUT2D eigenvalue weighted by Crippen LogP contribution is 2.30. The van der Waals surface area contributed by atoms with Gasteiger partial charge in [-0.2, -0.15) is 4.98 Å². The van der Waals surface area contributed by atoms with E-state index in [2.05, 4.69) is 24.9 Å². The Labute approximate surface area is 196 Å².